The Hall–Kier alpha value is -2.00. The number of aliphatic imine (C=N–C) groups is 1. The largest absolute Gasteiger partial charge is 0.508 e. The van der Waals surface area contributed by atoms with Gasteiger partial charge in [-0.1, -0.05) is 30.3 Å². The fourth-order valence-electron chi connectivity index (χ4n) is 3.65. The summed E-state index contributed by atoms with van der Waals surface area (Å²) < 4.78 is 5.25. The van der Waals surface area contributed by atoms with E-state index in [0.717, 1.165) is 49.9 Å². The van der Waals surface area contributed by atoms with Gasteiger partial charge in [0.2, 0.25) is 0 Å². The molecule has 3 N–H and O–H groups in total. The Kier molecular flexibility index (Phi) is 10.2. The van der Waals surface area contributed by atoms with Crippen LogP contribution in [-0.2, 0) is 13.1 Å². The second kappa shape index (κ2) is 12.6. The minimum atomic E-state index is 0. The summed E-state index contributed by atoms with van der Waals surface area (Å²) in [6, 6.07) is 16.2. The topological polar surface area (TPSA) is 69.1 Å². The number of aromatic hydroxyl groups is 1. The van der Waals surface area contributed by atoms with Crippen LogP contribution in [0.5, 0.6) is 11.5 Å². The summed E-state index contributed by atoms with van der Waals surface area (Å²) in [5, 5.41) is 17.0. The lowest BCUT2D eigenvalue weighted by Crippen LogP contribution is -2.50. The summed E-state index contributed by atoms with van der Waals surface area (Å²) >= 11 is 0. The number of nitrogens with zero attached hydrogens (tertiary/aromatic N) is 2. The summed E-state index contributed by atoms with van der Waals surface area (Å²) in [4.78, 5) is 7.18. The molecule has 7 heteroatoms. The standard InChI is InChI=1S/C23H32N4O2.HI/c1-3-24-23(25-15-19-14-21(29-2)11-12-22(19)28)26-20-10-7-13-27(17-20)16-18-8-5-4-6-9-18;/h4-6,8-9,11-12,14,20,28H,3,7,10,13,15-17H2,1-2H3,(H2,24,25,26);1H. The lowest BCUT2D eigenvalue weighted by molar-refractivity contribution is 0.192. The van der Waals surface area contributed by atoms with Crippen molar-refractivity contribution in [3.8, 4) is 11.5 Å². The maximum Gasteiger partial charge on any atom is 0.191 e. The van der Waals surface area contributed by atoms with E-state index in [1.165, 1.54) is 12.0 Å². The number of piperidine rings is 1. The minimum Gasteiger partial charge on any atom is -0.508 e. The second-order valence-electron chi connectivity index (χ2n) is 7.39. The van der Waals surface area contributed by atoms with Crippen molar-refractivity contribution in [1.29, 1.82) is 0 Å². The van der Waals surface area contributed by atoms with E-state index in [1.54, 1.807) is 19.2 Å². The van der Waals surface area contributed by atoms with Gasteiger partial charge in [0.25, 0.3) is 0 Å². The van der Waals surface area contributed by atoms with Crippen molar-refractivity contribution in [3.63, 3.8) is 0 Å². The van der Waals surface area contributed by atoms with Crippen molar-refractivity contribution in [1.82, 2.24) is 15.5 Å². The quantitative estimate of drug-likeness (QED) is 0.293. The Morgan fingerprint density at radius 3 is 2.77 bits per heavy atom. The molecule has 0 spiro atoms. The Balaban J connectivity index is 0.00000320. The predicted octanol–water partition coefficient (Wildman–Crippen LogP) is 3.74. The number of methoxy groups -OCH3 is 1. The molecule has 3 rings (SSSR count). The van der Waals surface area contributed by atoms with Gasteiger partial charge in [0, 0.05) is 31.2 Å². The number of hydrogen-bond donors (Lipinski definition) is 3. The van der Waals surface area contributed by atoms with Gasteiger partial charge in [-0.25, -0.2) is 4.99 Å². The SMILES string of the molecule is CCNC(=NCc1cc(OC)ccc1O)NC1CCCN(Cc2ccccc2)C1.I. The smallest absolute Gasteiger partial charge is 0.191 e. The van der Waals surface area contributed by atoms with E-state index < -0.39 is 0 Å². The fraction of sp³-hybridized carbons (Fsp3) is 0.435. The molecule has 1 atom stereocenters. The van der Waals surface area contributed by atoms with Crippen molar-refractivity contribution >= 4 is 29.9 Å². The minimum absolute atomic E-state index is 0. The molecule has 1 saturated heterocycles. The summed E-state index contributed by atoms with van der Waals surface area (Å²) in [5.41, 5.74) is 2.10. The van der Waals surface area contributed by atoms with E-state index in [2.05, 4.69) is 57.8 Å². The monoisotopic (exact) mass is 524 g/mol. The molecular formula is C23H33IN4O2. The molecule has 30 heavy (non-hydrogen) atoms. The van der Waals surface area contributed by atoms with E-state index in [4.69, 9.17) is 4.74 Å². The zero-order valence-electron chi connectivity index (χ0n) is 17.8. The van der Waals surface area contributed by atoms with Crippen LogP contribution in [0.3, 0.4) is 0 Å². The van der Waals surface area contributed by atoms with Crippen LogP contribution < -0.4 is 15.4 Å². The molecule has 0 aromatic heterocycles. The highest BCUT2D eigenvalue weighted by Crippen LogP contribution is 2.23. The Labute approximate surface area is 196 Å². The van der Waals surface area contributed by atoms with E-state index in [0.29, 0.717) is 12.6 Å². The van der Waals surface area contributed by atoms with E-state index in [9.17, 15) is 5.11 Å². The van der Waals surface area contributed by atoms with Crippen LogP contribution in [0.25, 0.3) is 0 Å². The number of guanidine groups is 1. The Morgan fingerprint density at radius 2 is 2.03 bits per heavy atom. The highest BCUT2D eigenvalue weighted by atomic mass is 127. The number of likely N-dealkylation sites (tertiary alicyclic amines) is 1. The molecule has 0 aliphatic carbocycles. The molecule has 0 saturated carbocycles. The summed E-state index contributed by atoms with van der Waals surface area (Å²) in [7, 11) is 1.62. The van der Waals surface area contributed by atoms with E-state index in [-0.39, 0.29) is 29.7 Å². The van der Waals surface area contributed by atoms with Crippen molar-refractivity contribution in [2.24, 2.45) is 4.99 Å². The van der Waals surface area contributed by atoms with Gasteiger partial charge in [0.1, 0.15) is 11.5 Å². The van der Waals surface area contributed by atoms with Crippen LogP contribution in [0.2, 0.25) is 0 Å². The third kappa shape index (κ3) is 7.36. The van der Waals surface area contributed by atoms with Gasteiger partial charge in [-0.3, -0.25) is 4.90 Å². The van der Waals surface area contributed by atoms with E-state index >= 15 is 0 Å². The van der Waals surface area contributed by atoms with Crippen molar-refractivity contribution in [3.05, 3.63) is 59.7 Å². The molecule has 1 aliphatic rings. The number of hydrogen-bond acceptors (Lipinski definition) is 4. The average Bonchev–Trinajstić information content (AvgIpc) is 2.74. The number of phenols is 1. The maximum absolute atomic E-state index is 10.1. The molecule has 1 fully saturated rings. The zero-order chi connectivity index (χ0) is 20.5. The fourth-order valence-corrected chi connectivity index (χ4v) is 3.65. The lowest BCUT2D eigenvalue weighted by Gasteiger charge is -2.34. The molecule has 0 radical (unpaired) electrons. The molecule has 0 amide bonds. The normalized spacial score (nSPS) is 17.1. The average molecular weight is 524 g/mol. The van der Waals surface area contributed by atoms with Gasteiger partial charge in [-0.05, 0) is 50.1 Å². The van der Waals surface area contributed by atoms with Gasteiger partial charge in [-0.2, -0.15) is 0 Å². The summed E-state index contributed by atoms with van der Waals surface area (Å²) in [5.74, 6) is 1.73. The van der Waals surface area contributed by atoms with Gasteiger partial charge in [0.15, 0.2) is 5.96 Å². The molecule has 1 unspecified atom stereocenters. The first-order valence-corrected chi connectivity index (χ1v) is 10.3. The Bertz CT molecular complexity index is 801. The van der Waals surface area contributed by atoms with Crippen molar-refractivity contribution < 1.29 is 9.84 Å². The number of halogens is 1. The molecule has 164 valence electrons. The molecule has 2 aromatic rings. The van der Waals surface area contributed by atoms with Gasteiger partial charge < -0.3 is 20.5 Å². The second-order valence-corrected chi connectivity index (χ2v) is 7.39. The molecular weight excluding hydrogens is 491 g/mol. The number of phenolic OH excluding ortho intramolecular Hbond substituents is 1. The molecule has 0 bridgehead atoms. The number of benzene rings is 2. The van der Waals surface area contributed by atoms with Crippen LogP contribution in [0.15, 0.2) is 53.5 Å². The highest BCUT2D eigenvalue weighted by molar-refractivity contribution is 14.0. The summed E-state index contributed by atoms with van der Waals surface area (Å²) in [6.45, 7) is 6.32. The van der Waals surface area contributed by atoms with Crippen LogP contribution >= 0.6 is 24.0 Å². The van der Waals surface area contributed by atoms with Gasteiger partial charge in [-0.15, -0.1) is 24.0 Å². The first-order valence-electron chi connectivity index (χ1n) is 10.3. The first-order chi connectivity index (χ1) is 14.2. The first kappa shape index (κ1) is 24.3. The predicted molar refractivity (Wildman–Crippen MR) is 133 cm³/mol. The maximum atomic E-state index is 10.1. The van der Waals surface area contributed by atoms with Crippen LogP contribution in [0.4, 0.5) is 0 Å². The number of ether oxygens (including phenoxy) is 1. The number of rotatable bonds is 7. The lowest BCUT2D eigenvalue weighted by atomic mass is 10.0. The van der Waals surface area contributed by atoms with Gasteiger partial charge in [0.05, 0.1) is 13.7 Å². The van der Waals surface area contributed by atoms with Crippen LogP contribution in [0.1, 0.15) is 30.9 Å². The van der Waals surface area contributed by atoms with Crippen LogP contribution in [0, 0.1) is 0 Å². The third-order valence-corrected chi connectivity index (χ3v) is 5.13. The van der Waals surface area contributed by atoms with Gasteiger partial charge >= 0.3 is 0 Å². The Morgan fingerprint density at radius 1 is 1.23 bits per heavy atom. The van der Waals surface area contributed by atoms with Crippen molar-refractivity contribution in [2.75, 3.05) is 26.7 Å². The van der Waals surface area contributed by atoms with E-state index in [1.807, 2.05) is 6.07 Å². The number of nitrogens with one attached hydrogen (secondary N) is 2. The molecule has 6 nitrogen and oxygen atoms in total. The summed E-state index contributed by atoms with van der Waals surface area (Å²) in [6.07, 6.45) is 2.29. The third-order valence-electron chi connectivity index (χ3n) is 5.13. The zero-order valence-corrected chi connectivity index (χ0v) is 20.1. The van der Waals surface area contributed by atoms with Crippen LogP contribution in [-0.4, -0.2) is 48.8 Å². The molecule has 1 aliphatic heterocycles. The van der Waals surface area contributed by atoms with Crippen molar-refractivity contribution in [2.45, 2.75) is 38.9 Å². The molecule has 1 heterocycles. The molecule has 2 aromatic carbocycles. The highest BCUT2D eigenvalue weighted by Gasteiger charge is 2.20.